The molecule has 0 atom stereocenters. The Morgan fingerprint density at radius 2 is 1.25 bits per heavy atom. The van der Waals surface area contributed by atoms with Crippen LogP contribution in [0.25, 0.3) is 0 Å². The zero-order chi connectivity index (χ0) is 23.2. The largest absolute Gasteiger partial charge is 0.490 e. The lowest BCUT2D eigenvalue weighted by molar-refractivity contribution is 0.0421. The number of hydrogen-bond acceptors (Lipinski definition) is 7. The van der Waals surface area contributed by atoms with Gasteiger partial charge in [0.25, 0.3) is 0 Å². The molecule has 2 rings (SSSR count). The number of benzene rings is 2. The zero-order valence-electron chi connectivity index (χ0n) is 18.6. The van der Waals surface area contributed by atoms with Gasteiger partial charge in [-0.15, -0.1) is 0 Å². The molecule has 0 unspecified atom stereocenters. The summed E-state index contributed by atoms with van der Waals surface area (Å²) in [5.74, 6) is -1.30. The van der Waals surface area contributed by atoms with E-state index < -0.39 is 17.9 Å². The molecular formula is C25H30O7. The van der Waals surface area contributed by atoms with Crippen LogP contribution >= 0.6 is 0 Å². The molecule has 2 aromatic rings. The molecule has 0 aliphatic rings. The second-order valence-corrected chi connectivity index (χ2v) is 7.04. The van der Waals surface area contributed by atoms with E-state index in [0.29, 0.717) is 12.2 Å². The van der Waals surface area contributed by atoms with Crippen molar-refractivity contribution >= 4 is 17.9 Å². The van der Waals surface area contributed by atoms with E-state index in [9.17, 15) is 14.4 Å². The fourth-order valence-electron chi connectivity index (χ4n) is 2.69. The Bertz CT molecular complexity index is 877. The summed E-state index contributed by atoms with van der Waals surface area (Å²) in [5.41, 5.74) is 0.162. The minimum atomic E-state index is -0.743. The molecule has 172 valence electrons. The number of hydrogen-bond donors (Lipinski definition) is 0. The molecule has 0 amide bonds. The van der Waals surface area contributed by atoms with Crippen LogP contribution in [0.1, 0.15) is 70.6 Å². The summed E-state index contributed by atoms with van der Waals surface area (Å²) in [4.78, 5) is 37.5. The predicted octanol–water partition coefficient (Wildman–Crippen LogP) is 4.84. The molecule has 0 saturated heterocycles. The molecule has 0 spiro atoms. The standard InChI is InChI=1S/C25H30O7/c1-3-5-14-30-23(26)19-12-13-21(24(27)31-15-6-4-2)22(18-19)25(28)32-17-16-29-20-10-8-7-9-11-20/h7-13,18H,3-6,14-17H2,1-2H3. The molecule has 0 bridgehead atoms. The van der Waals surface area contributed by atoms with Gasteiger partial charge in [-0.05, 0) is 43.2 Å². The van der Waals surface area contributed by atoms with E-state index >= 15 is 0 Å². The summed E-state index contributed by atoms with van der Waals surface area (Å²) in [6, 6.07) is 13.3. The van der Waals surface area contributed by atoms with Crippen molar-refractivity contribution in [2.24, 2.45) is 0 Å². The monoisotopic (exact) mass is 442 g/mol. The fourth-order valence-corrected chi connectivity index (χ4v) is 2.69. The number of ether oxygens (including phenoxy) is 4. The smallest absolute Gasteiger partial charge is 0.339 e. The number of unbranched alkanes of at least 4 members (excludes halogenated alkanes) is 2. The molecule has 0 N–H and O–H groups in total. The van der Waals surface area contributed by atoms with Crippen LogP contribution in [-0.4, -0.2) is 44.3 Å². The first-order valence-corrected chi connectivity index (χ1v) is 10.9. The van der Waals surface area contributed by atoms with E-state index in [1.807, 2.05) is 32.0 Å². The highest BCUT2D eigenvalue weighted by molar-refractivity contribution is 6.05. The van der Waals surface area contributed by atoms with E-state index in [1.54, 1.807) is 12.1 Å². The summed E-state index contributed by atoms with van der Waals surface area (Å²) < 4.78 is 21.2. The highest BCUT2D eigenvalue weighted by Gasteiger charge is 2.22. The Morgan fingerprint density at radius 3 is 1.91 bits per heavy atom. The molecule has 0 saturated carbocycles. The van der Waals surface area contributed by atoms with Crippen LogP contribution in [0.5, 0.6) is 5.75 Å². The zero-order valence-corrected chi connectivity index (χ0v) is 18.6. The molecule has 0 heterocycles. The van der Waals surface area contributed by atoms with Crippen molar-refractivity contribution in [3.05, 3.63) is 65.2 Å². The number of carbonyl (C=O) groups excluding carboxylic acids is 3. The third-order valence-electron chi connectivity index (χ3n) is 4.49. The molecule has 32 heavy (non-hydrogen) atoms. The van der Waals surface area contributed by atoms with Crippen molar-refractivity contribution in [3.8, 4) is 5.75 Å². The van der Waals surface area contributed by atoms with Gasteiger partial charge >= 0.3 is 17.9 Å². The van der Waals surface area contributed by atoms with Crippen LogP contribution in [0.15, 0.2) is 48.5 Å². The molecule has 0 aliphatic heterocycles. The maximum absolute atomic E-state index is 12.7. The number of rotatable bonds is 13. The van der Waals surface area contributed by atoms with Gasteiger partial charge in [-0.3, -0.25) is 0 Å². The van der Waals surface area contributed by atoms with Gasteiger partial charge in [0.05, 0.1) is 29.9 Å². The summed E-state index contributed by atoms with van der Waals surface area (Å²) >= 11 is 0. The topological polar surface area (TPSA) is 88.1 Å². The summed E-state index contributed by atoms with van der Waals surface area (Å²) in [6.45, 7) is 4.62. The van der Waals surface area contributed by atoms with Gasteiger partial charge in [-0.1, -0.05) is 44.9 Å². The van der Waals surface area contributed by atoms with Crippen LogP contribution < -0.4 is 4.74 Å². The highest BCUT2D eigenvalue weighted by Crippen LogP contribution is 2.17. The molecule has 0 radical (unpaired) electrons. The molecule has 0 aliphatic carbocycles. The van der Waals surface area contributed by atoms with Crippen molar-refractivity contribution in [1.82, 2.24) is 0 Å². The van der Waals surface area contributed by atoms with Crippen molar-refractivity contribution < 1.29 is 33.3 Å². The summed E-state index contributed by atoms with van der Waals surface area (Å²) in [7, 11) is 0. The lowest BCUT2D eigenvalue weighted by atomic mass is 10.0. The maximum atomic E-state index is 12.7. The first-order valence-electron chi connectivity index (χ1n) is 10.9. The van der Waals surface area contributed by atoms with Crippen LogP contribution in [0.2, 0.25) is 0 Å². The second kappa shape index (κ2) is 13.9. The van der Waals surface area contributed by atoms with Crippen LogP contribution in [0, 0.1) is 0 Å². The van der Waals surface area contributed by atoms with Crippen LogP contribution in [-0.2, 0) is 14.2 Å². The highest BCUT2D eigenvalue weighted by atomic mass is 16.6. The first-order chi connectivity index (χ1) is 15.6. The molecule has 0 fully saturated rings. The van der Waals surface area contributed by atoms with Gasteiger partial charge in [0.1, 0.15) is 19.0 Å². The Labute approximate surface area is 188 Å². The van der Waals surface area contributed by atoms with Gasteiger partial charge in [0.15, 0.2) is 0 Å². The molecular weight excluding hydrogens is 412 g/mol. The van der Waals surface area contributed by atoms with E-state index in [0.717, 1.165) is 19.3 Å². The van der Waals surface area contributed by atoms with Gasteiger partial charge in [0.2, 0.25) is 0 Å². The van der Waals surface area contributed by atoms with Gasteiger partial charge in [-0.25, -0.2) is 14.4 Å². The third kappa shape index (κ3) is 8.06. The van der Waals surface area contributed by atoms with Gasteiger partial charge < -0.3 is 18.9 Å². The van der Waals surface area contributed by atoms with Crippen molar-refractivity contribution in [2.45, 2.75) is 39.5 Å². The maximum Gasteiger partial charge on any atom is 0.339 e. The average Bonchev–Trinajstić information content (AvgIpc) is 2.82. The van der Waals surface area contributed by atoms with Crippen molar-refractivity contribution in [3.63, 3.8) is 0 Å². The second-order valence-electron chi connectivity index (χ2n) is 7.04. The van der Waals surface area contributed by atoms with E-state index in [2.05, 4.69) is 0 Å². The Morgan fingerprint density at radius 1 is 0.656 bits per heavy atom. The van der Waals surface area contributed by atoms with Gasteiger partial charge in [0, 0.05) is 0 Å². The van der Waals surface area contributed by atoms with E-state index in [1.165, 1.54) is 18.2 Å². The number of esters is 3. The number of para-hydroxylation sites is 1. The predicted molar refractivity (Wildman–Crippen MR) is 119 cm³/mol. The lowest BCUT2D eigenvalue weighted by Gasteiger charge is -2.12. The normalized spacial score (nSPS) is 10.3. The summed E-state index contributed by atoms with van der Waals surface area (Å²) in [6.07, 6.45) is 3.21. The molecule has 2 aromatic carbocycles. The van der Waals surface area contributed by atoms with Crippen LogP contribution in [0.4, 0.5) is 0 Å². The quantitative estimate of drug-likeness (QED) is 0.249. The Kier molecular flexibility index (Phi) is 10.8. The van der Waals surface area contributed by atoms with Gasteiger partial charge in [-0.2, -0.15) is 0 Å². The average molecular weight is 443 g/mol. The molecule has 0 aromatic heterocycles. The van der Waals surface area contributed by atoms with E-state index in [-0.39, 0.29) is 43.1 Å². The minimum absolute atomic E-state index is 0.0246. The third-order valence-corrected chi connectivity index (χ3v) is 4.49. The van der Waals surface area contributed by atoms with E-state index in [4.69, 9.17) is 18.9 Å². The van der Waals surface area contributed by atoms with Crippen molar-refractivity contribution in [2.75, 3.05) is 26.4 Å². The first kappa shape index (κ1) is 24.9. The Hall–Kier alpha value is -3.35. The number of carbonyl (C=O) groups is 3. The lowest BCUT2D eigenvalue weighted by Crippen LogP contribution is -2.18. The Balaban J connectivity index is 2.09. The SMILES string of the molecule is CCCCOC(=O)c1ccc(C(=O)OCCCC)c(C(=O)OCCOc2ccccc2)c1. The molecule has 7 heteroatoms. The summed E-state index contributed by atoms with van der Waals surface area (Å²) in [5, 5.41) is 0. The van der Waals surface area contributed by atoms with Crippen LogP contribution in [0.3, 0.4) is 0 Å². The fraction of sp³-hybridized carbons (Fsp3) is 0.400. The molecule has 7 nitrogen and oxygen atoms in total. The van der Waals surface area contributed by atoms with Crippen molar-refractivity contribution in [1.29, 1.82) is 0 Å². The minimum Gasteiger partial charge on any atom is -0.490 e.